The molecule has 0 aromatic heterocycles. The molecular weight excluding hydrogens is 246 g/mol. The number of thioether (sulfide) groups is 1. The van der Waals surface area contributed by atoms with Crippen molar-refractivity contribution >= 4 is 11.8 Å². The molecule has 0 radical (unpaired) electrons. The normalized spacial score (nSPS) is 35.8. The highest BCUT2D eigenvalue weighted by Gasteiger charge is 2.41. The van der Waals surface area contributed by atoms with E-state index in [1.807, 2.05) is 11.8 Å². The van der Waals surface area contributed by atoms with Crippen molar-refractivity contribution in [3.8, 4) is 0 Å². The molecule has 18 heavy (non-hydrogen) atoms. The van der Waals surface area contributed by atoms with Crippen LogP contribution in [0.5, 0.6) is 0 Å². The number of hydrogen-bond acceptors (Lipinski definition) is 4. The average Bonchev–Trinajstić information content (AvgIpc) is 2.77. The molecule has 0 aromatic rings. The van der Waals surface area contributed by atoms with E-state index in [-0.39, 0.29) is 5.60 Å². The van der Waals surface area contributed by atoms with E-state index >= 15 is 0 Å². The van der Waals surface area contributed by atoms with Gasteiger partial charge in [0.1, 0.15) is 0 Å². The van der Waals surface area contributed by atoms with Crippen molar-refractivity contribution in [1.29, 1.82) is 0 Å². The van der Waals surface area contributed by atoms with Gasteiger partial charge in [0.25, 0.3) is 0 Å². The van der Waals surface area contributed by atoms with Crippen molar-refractivity contribution in [2.24, 2.45) is 17.6 Å². The summed E-state index contributed by atoms with van der Waals surface area (Å²) in [7, 11) is 1.77. The van der Waals surface area contributed by atoms with E-state index in [2.05, 4.69) is 6.92 Å². The second kappa shape index (κ2) is 6.60. The number of methoxy groups -OCH3 is 1. The topological polar surface area (TPSA) is 44.5 Å². The summed E-state index contributed by atoms with van der Waals surface area (Å²) in [5.41, 5.74) is 6.58. The van der Waals surface area contributed by atoms with Crippen LogP contribution < -0.4 is 5.73 Å². The van der Waals surface area contributed by atoms with Gasteiger partial charge in [-0.15, -0.1) is 0 Å². The predicted octanol–water partition coefficient (Wildman–Crippen LogP) is 2.29. The molecule has 0 saturated carbocycles. The summed E-state index contributed by atoms with van der Waals surface area (Å²) >= 11 is 2.03. The molecule has 3 nitrogen and oxygen atoms in total. The molecule has 0 aromatic carbocycles. The number of nitrogens with two attached hydrogens (primary N) is 1. The maximum Gasteiger partial charge on any atom is 0.0783 e. The highest BCUT2D eigenvalue weighted by atomic mass is 32.2. The summed E-state index contributed by atoms with van der Waals surface area (Å²) < 4.78 is 11.3. The zero-order chi connectivity index (χ0) is 13.0. The highest BCUT2D eigenvalue weighted by molar-refractivity contribution is 7.99. The zero-order valence-corrected chi connectivity index (χ0v) is 12.5. The van der Waals surface area contributed by atoms with E-state index in [4.69, 9.17) is 15.2 Å². The second-order valence-electron chi connectivity index (χ2n) is 6.05. The van der Waals surface area contributed by atoms with Gasteiger partial charge in [0.2, 0.25) is 0 Å². The quantitative estimate of drug-likeness (QED) is 0.835. The van der Waals surface area contributed by atoms with Crippen LogP contribution in [0.4, 0.5) is 0 Å². The number of rotatable bonds is 5. The molecule has 0 bridgehead atoms. The largest absolute Gasteiger partial charge is 0.384 e. The molecule has 0 amide bonds. The van der Waals surface area contributed by atoms with Crippen LogP contribution in [0, 0.1) is 11.8 Å². The van der Waals surface area contributed by atoms with Crippen LogP contribution in [-0.4, -0.2) is 43.5 Å². The van der Waals surface area contributed by atoms with Crippen molar-refractivity contribution in [1.82, 2.24) is 0 Å². The van der Waals surface area contributed by atoms with Gasteiger partial charge in [-0.2, -0.15) is 11.8 Å². The molecule has 2 aliphatic rings. The van der Waals surface area contributed by atoms with E-state index in [0.717, 1.165) is 26.1 Å². The van der Waals surface area contributed by atoms with Gasteiger partial charge in [0.15, 0.2) is 0 Å². The molecule has 2 aliphatic heterocycles. The summed E-state index contributed by atoms with van der Waals surface area (Å²) in [5, 5.41) is 0. The Morgan fingerprint density at radius 2 is 2.39 bits per heavy atom. The Kier molecular flexibility index (Phi) is 5.36. The molecule has 2 fully saturated rings. The third kappa shape index (κ3) is 3.62. The predicted molar refractivity (Wildman–Crippen MR) is 77.0 cm³/mol. The Labute approximate surface area is 115 Å². The monoisotopic (exact) mass is 273 g/mol. The summed E-state index contributed by atoms with van der Waals surface area (Å²) in [6, 6.07) is 0.307. The van der Waals surface area contributed by atoms with Gasteiger partial charge in [-0.25, -0.2) is 0 Å². The Morgan fingerprint density at radius 1 is 1.56 bits per heavy atom. The third-order valence-corrected chi connectivity index (χ3v) is 5.55. The lowest BCUT2D eigenvalue weighted by Gasteiger charge is -2.40. The van der Waals surface area contributed by atoms with Crippen molar-refractivity contribution in [3.05, 3.63) is 0 Å². The van der Waals surface area contributed by atoms with Gasteiger partial charge in [-0.05, 0) is 43.3 Å². The molecule has 2 N–H and O–H groups in total. The Bertz CT molecular complexity index is 256. The van der Waals surface area contributed by atoms with E-state index in [0.29, 0.717) is 17.9 Å². The zero-order valence-electron chi connectivity index (χ0n) is 11.7. The van der Waals surface area contributed by atoms with Crippen molar-refractivity contribution in [2.45, 2.75) is 44.2 Å². The molecule has 4 atom stereocenters. The SMILES string of the molecule is COCC(C)CC(N)C1CCOC2(CCSC2)C1. The molecule has 2 saturated heterocycles. The molecule has 4 unspecified atom stereocenters. The lowest BCUT2D eigenvalue weighted by molar-refractivity contribution is -0.0843. The average molecular weight is 273 g/mol. The van der Waals surface area contributed by atoms with Crippen LogP contribution in [0.3, 0.4) is 0 Å². The Hall–Kier alpha value is 0.230. The molecule has 2 heterocycles. The Morgan fingerprint density at radius 3 is 3.06 bits per heavy atom. The summed E-state index contributed by atoms with van der Waals surface area (Å²) in [4.78, 5) is 0. The molecule has 106 valence electrons. The van der Waals surface area contributed by atoms with E-state index in [1.54, 1.807) is 7.11 Å². The molecular formula is C14H27NO2S. The van der Waals surface area contributed by atoms with Gasteiger partial charge in [0, 0.05) is 32.1 Å². The van der Waals surface area contributed by atoms with Gasteiger partial charge < -0.3 is 15.2 Å². The summed E-state index contributed by atoms with van der Waals surface area (Å²) in [6.45, 7) is 3.94. The van der Waals surface area contributed by atoms with Crippen molar-refractivity contribution < 1.29 is 9.47 Å². The highest BCUT2D eigenvalue weighted by Crippen LogP contribution is 2.41. The van der Waals surface area contributed by atoms with Crippen molar-refractivity contribution in [3.63, 3.8) is 0 Å². The van der Waals surface area contributed by atoms with Crippen LogP contribution in [0.1, 0.15) is 32.6 Å². The van der Waals surface area contributed by atoms with E-state index in [9.17, 15) is 0 Å². The first-order chi connectivity index (χ1) is 8.65. The van der Waals surface area contributed by atoms with Crippen LogP contribution >= 0.6 is 11.8 Å². The maximum atomic E-state index is 6.41. The second-order valence-corrected chi connectivity index (χ2v) is 7.15. The minimum absolute atomic E-state index is 0.162. The molecule has 2 rings (SSSR count). The fraction of sp³-hybridized carbons (Fsp3) is 1.00. The lowest BCUT2D eigenvalue weighted by atomic mass is 9.79. The van der Waals surface area contributed by atoms with Gasteiger partial charge >= 0.3 is 0 Å². The standard InChI is InChI=1S/C14H27NO2S/c1-11(9-16-2)7-13(15)12-3-5-17-14(8-12)4-6-18-10-14/h11-13H,3-10,15H2,1-2H3. The molecule has 4 heteroatoms. The van der Waals surface area contributed by atoms with E-state index in [1.165, 1.54) is 24.3 Å². The Balaban J connectivity index is 1.84. The van der Waals surface area contributed by atoms with Crippen LogP contribution in [0.2, 0.25) is 0 Å². The third-order valence-electron chi connectivity index (χ3n) is 4.33. The lowest BCUT2D eigenvalue weighted by Crippen LogP contribution is -2.46. The number of ether oxygens (including phenoxy) is 2. The van der Waals surface area contributed by atoms with E-state index < -0.39 is 0 Å². The van der Waals surface area contributed by atoms with Gasteiger partial charge in [-0.3, -0.25) is 0 Å². The van der Waals surface area contributed by atoms with Crippen LogP contribution in [-0.2, 0) is 9.47 Å². The summed E-state index contributed by atoms with van der Waals surface area (Å²) in [5.74, 6) is 3.62. The van der Waals surface area contributed by atoms with Gasteiger partial charge in [0.05, 0.1) is 5.60 Å². The first-order valence-electron chi connectivity index (χ1n) is 7.11. The minimum Gasteiger partial charge on any atom is -0.384 e. The smallest absolute Gasteiger partial charge is 0.0783 e. The van der Waals surface area contributed by atoms with Crippen molar-refractivity contribution in [2.75, 3.05) is 31.8 Å². The van der Waals surface area contributed by atoms with Crippen LogP contribution in [0.15, 0.2) is 0 Å². The fourth-order valence-corrected chi connectivity index (χ4v) is 4.68. The molecule has 0 aliphatic carbocycles. The maximum absolute atomic E-state index is 6.41. The van der Waals surface area contributed by atoms with Gasteiger partial charge in [-0.1, -0.05) is 6.92 Å². The molecule has 1 spiro atoms. The summed E-state index contributed by atoms with van der Waals surface area (Å²) in [6.07, 6.45) is 4.59. The van der Waals surface area contributed by atoms with Crippen LogP contribution in [0.25, 0.3) is 0 Å². The number of hydrogen-bond donors (Lipinski definition) is 1. The fourth-order valence-electron chi connectivity index (χ4n) is 3.30. The minimum atomic E-state index is 0.162. The first-order valence-corrected chi connectivity index (χ1v) is 8.27. The first kappa shape index (κ1) is 14.6.